The van der Waals surface area contributed by atoms with Crippen molar-refractivity contribution in [1.82, 2.24) is 19.7 Å². The molecule has 0 N–H and O–H groups in total. The van der Waals surface area contributed by atoms with Crippen LogP contribution in [0.3, 0.4) is 0 Å². The van der Waals surface area contributed by atoms with Crippen LogP contribution in [0.25, 0.3) is 17.1 Å². The Labute approximate surface area is 189 Å². The minimum absolute atomic E-state index is 0.552. The number of thioether (sulfide) groups is 1. The number of rotatable bonds is 6. The number of aromatic nitrogens is 4. The molecule has 0 saturated carbocycles. The van der Waals surface area contributed by atoms with Crippen LogP contribution in [-0.4, -0.2) is 46.1 Å². The SMILES string of the molecule is Clc1cccc(-c2nc(CSc3nnc(N4CCOCC4)n3-c3ccccc3)co2)c1. The Bertz CT molecular complexity index is 1160. The molecule has 7 nitrogen and oxygen atoms in total. The average molecular weight is 454 g/mol. The summed E-state index contributed by atoms with van der Waals surface area (Å²) in [5, 5.41) is 10.4. The van der Waals surface area contributed by atoms with Crippen molar-refractivity contribution in [1.29, 1.82) is 0 Å². The van der Waals surface area contributed by atoms with Crippen LogP contribution in [0.1, 0.15) is 5.69 Å². The summed E-state index contributed by atoms with van der Waals surface area (Å²) in [5.74, 6) is 1.99. The Hall–Kier alpha value is -2.81. The Kier molecular flexibility index (Phi) is 5.93. The zero-order valence-corrected chi connectivity index (χ0v) is 18.2. The van der Waals surface area contributed by atoms with Crippen molar-refractivity contribution in [2.75, 3.05) is 31.2 Å². The maximum Gasteiger partial charge on any atom is 0.232 e. The predicted octanol–water partition coefficient (Wildman–Crippen LogP) is 4.70. The topological polar surface area (TPSA) is 69.2 Å². The van der Waals surface area contributed by atoms with E-state index in [2.05, 4.69) is 36.8 Å². The molecule has 1 fully saturated rings. The average Bonchev–Trinajstić information content (AvgIpc) is 3.46. The van der Waals surface area contributed by atoms with Gasteiger partial charge in [0.25, 0.3) is 0 Å². The van der Waals surface area contributed by atoms with Gasteiger partial charge in [0.1, 0.15) is 6.26 Å². The van der Waals surface area contributed by atoms with E-state index in [1.165, 1.54) is 0 Å². The molecule has 1 aliphatic heterocycles. The van der Waals surface area contributed by atoms with Crippen LogP contribution in [0.4, 0.5) is 5.95 Å². The molecular weight excluding hydrogens is 434 g/mol. The molecule has 1 saturated heterocycles. The van der Waals surface area contributed by atoms with E-state index < -0.39 is 0 Å². The fourth-order valence-corrected chi connectivity index (χ4v) is 4.41. The maximum absolute atomic E-state index is 6.08. The molecule has 3 heterocycles. The lowest BCUT2D eigenvalue weighted by Gasteiger charge is -2.27. The number of hydrogen-bond acceptors (Lipinski definition) is 7. The third-order valence-corrected chi connectivity index (χ3v) is 6.09. The van der Waals surface area contributed by atoms with Crippen LogP contribution >= 0.6 is 23.4 Å². The first-order valence-electron chi connectivity index (χ1n) is 9.94. The van der Waals surface area contributed by atoms with Gasteiger partial charge in [-0.15, -0.1) is 10.2 Å². The Morgan fingerprint density at radius 1 is 1.00 bits per heavy atom. The molecule has 2 aromatic heterocycles. The number of halogens is 1. The summed E-state index contributed by atoms with van der Waals surface area (Å²) in [6, 6.07) is 17.6. The molecule has 0 bridgehead atoms. The number of nitrogens with zero attached hydrogens (tertiary/aromatic N) is 5. The van der Waals surface area contributed by atoms with Gasteiger partial charge in [-0.05, 0) is 30.3 Å². The van der Waals surface area contributed by atoms with Gasteiger partial charge in [-0.25, -0.2) is 4.98 Å². The minimum Gasteiger partial charge on any atom is -0.444 e. The van der Waals surface area contributed by atoms with Crippen LogP contribution in [0.5, 0.6) is 0 Å². The molecule has 9 heteroatoms. The molecule has 4 aromatic rings. The lowest BCUT2D eigenvalue weighted by atomic mass is 10.2. The smallest absolute Gasteiger partial charge is 0.232 e. The number of hydrogen-bond donors (Lipinski definition) is 0. The standard InChI is InChI=1S/C22H20ClN5O2S/c23-17-6-4-5-16(13-17)20-24-18(14-30-20)15-31-22-26-25-21(27-9-11-29-12-10-27)28(22)19-7-2-1-3-8-19/h1-8,13-14H,9-12,15H2. The van der Waals surface area contributed by atoms with E-state index >= 15 is 0 Å². The van der Waals surface area contributed by atoms with Crippen molar-refractivity contribution in [2.24, 2.45) is 0 Å². The van der Waals surface area contributed by atoms with Crippen LogP contribution in [-0.2, 0) is 10.5 Å². The molecular formula is C22H20ClN5O2S. The Morgan fingerprint density at radius 3 is 2.65 bits per heavy atom. The first-order chi connectivity index (χ1) is 15.3. The number of benzene rings is 2. The van der Waals surface area contributed by atoms with Gasteiger partial charge in [-0.2, -0.15) is 0 Å². The normalized spacial score (nSPS) is 14.2. The summed E-state index contributed by atoms with van der Waals surface area (Å²) in [7, 11) is 0. The van der Waals surface area contributed by atoms with Gasteiger partial charge < -0.3 is 14.1 Å². The van der Waals surface area contributed by atoms with Crippen molar-refractivity contribution >= 4 is 29.3 Å². The maximum atomic E-state index is 6.08. The quantitative estimate of drug-likeness (QED) is 0.392. The first-order valence-corrected chi connectivity index (χ1v) is 11.3. The lowest BCUT2D eigenvalue weighted by Crippen LogP contribution is -2.37. The van der Waals surface area contributed by atoms with Crippen molar-refractivity contribution in [2.45, 2.75) is 10.9 Å². The van der Waals surface area contributed by atoms with Crippen molar-refractivity contribution in [3.63, 3.8) is 0 Å². The Balaban J connectivity index is 1.39. The van der Waals surface area contributed by atoms with E-state index in [9.17, 15) is 0 Å². The van der Waals surface area contributed by atoms with Gasteiger partial charge in [0.05, 0.1) is 24.6 Å². The monoisotopic (exact) mass is 453 g/mol. The van der Waals surface area contributed by atoms with Gasteiger partial charge >= 0.3 is 0 Å². The molecule has 0 atom stereocenters. The van der Waals surface area contributed by atoms with Gasteiger partial charge in [0.2, 0.25) is 11.8 Å². The molecule has 1 aliphatic rings. The summed E-state index contributed by atoms with van der Waals surface area (Å²) in [6.45, 7) is 2.97. The van der Waals surface area contributed by atoms with E-state index in [0.29, 0.717) is 29.9 Å². The number of anilines is 1. The predicted molar refractivity (Wildman–Crippen MR) is 121 cm³/mol. The van der Waals surface area contributed by atoms with E-state index in [0.717, 1.165) is 41.1 Å². The van der Waals surface area contributed by atoms with Gasteiger partial charge in [-0.1, -0.05) is 47.6 Å². The summed E-state index contributed by atoms with van der Waals surface area (Å²) in [6.07, 6.45) is 1.68. The van der Waals surface area contributed by atoms with Crippen molar-refractivity contribution in [3.8, 4) is 17.1 Å². The second-order valence-electron chi connectivity index (χ2n) is 7.00. The summed E-state index contributed by atoms with van der Waals surface area (Å²) in [5.41, 5.74) is 2.71. The second-order valence-corrected chi connectivity index (χ2v) is 8.37. The largest absolute Gasteiger partial charge is 0.444 e. The summed E-state index contributed by atoms with van der Waals surface area (Å²) in [4.78, 5) is 6.81. The molecule has 5 rings (SSSR count). The Morgan fingerprint density at radius 2 is 1.84 bits per heavy atom. The minimum atomic E-state index is 0.552. The fourth-order valence-electron chi connectivity index (χ4n) is 3.39. The fraction of sp³-hybridized carbons (Fsp3) is 0.227. The molecule has 0 aliphatic carbocycles. The molecule has 0 radical (unpaired) electrons. The van der Waals surface area contributed by atoms with Crippen LogP contribution in [0.2, 0.25) is 5.02 Å². The molecule has 0 unspecified atom stereocenters. The van der Waals surface area contributed by atoms with E-state index in [4.69, 9.17) is 20.8 Å². The summed E-state index contributed by atoms with van der Waals surface area (Å²) < 4.78 is 13.2. The highest BCUT2D eigenvalue weighted by Crippen LogP contribution is 2.30. The molecule has 158 valence electrons. The third kappa shape index (κ3) is 4.46. The highest BCUT2D eigenvalue weighted by atomic mass is 35.5. The second kappa shape index (κ2) is 9.13. The number of oxazole rings is 1. The molecule has 31 heavy (non-hydrogen) atoms. The lowest BCUT2D eigenvalue weighted by molar-refractivity contribution is 0.122. The molecule has 2 aromatic carbocycles. The van der Waals surface area contributed by atoms with Crippen molar-refractivity contribution in [3.05, 3.63) is 71.6 Å². The zero-order chi connectivity index (χ0) is 21.0. The van der Waals surface area contributed by atoms with Gasteiger partial charge in [0.15, 0.2) is 5.16 Å². The van der Waals surface area contributed by atoms with Gasteiger partial charge in [0, 0.05) is 29.4 Å². The van der Waals surface area contributed by atoms with Crippen LogP contribution in [0, 0.1) is 0 Å². The van der Waals surface area contributed by atoms with Crippen molar-refractivity contribution < 1.29 is 9.15 Å². The molecule has 0 amide bonds. The number of morpholine rings is 1. The number of ether oxygens (including phenoxy) is 1. The van der Waals surface area contributed by atoms with E-state index in [1.54, 1.807) is 18.0 Å². The summed E-state index contributed by atoms with van der Waals surface area (Å²) >= 11 is 7.66. The first kappa shape index (κ1) is 20.1. The number of para-hydroxylation sites is 1. The zero-order valence-electron chi connectivity index (χ0n) is 16.6. The van der Waals surface area contributed by atoms with Crippen LogP contribution in [0.15, 0.2) is 70.4 Å². The van der Waals surface area contributed by atoms with E-state index in [-0.39, 0.29) is 0 Å². The highest BCUT2D eigenvalue weighted by molar-refractivity contribution is 7.98. The molecule has 0 spiro atoms. The highest BCUT2D eigenvalue weighted by Gasteiger charge is 2.22. The van der Waals surface area contributed by atoms with E-state index in [1.807, 2.05) is 42.5 Å². The van der Waals surface area contributed by atoms with Gasteiger partial charge in [-0.3, -0.25) is 4.57 Å². The third-order valence-electron chi connectivity index (χ3n) is 4.90. The van der Waals surface area contributed by atoms with Crippen LogP contribution < -0.4 is 4.90 Å².